The van der Waals surface area contributed by atoms with E-state index in [1.807, 2.05) is 18.2 Å². The van der Waals surface area contributed by atoms with Gasteiger partial charge in [0.15, 0.2) is 0 Å². The summed E-state index contributed by atoms with van der Waals surface area (Å²) in [4.78, 5) is 0. The monoisotopic (exact) mass is 233 g/mol. The van der Waals surface area contributed by atoms with Crippen molar-refractivity contribution in [3.05, 3.63) is 35.9 Å². The van der Waals surface area contributed by atoms with E-state index >= 15 is 0 Å². The lowest BCUT2D eigenvalue weighted by molar-refractivity contribution is 0.0828. The summed E-state index contributed by atoms with van der Waals surface area (Å²) in [6, 6.07) is 10.1. The first kappa shape index (κ1) is 12.6. The summed E-state index contributed by atoms with van der Waals surface area (Å²) >= 11 is 0. The number of rotatable bonds is 4. The summed E-state index contributed by atoms with van der Waals surface area (Å²) in [5, 5.41) is 10.3. The van der Waals surface area contributed by atoms with Crippen LogP contribution in [-0.4, -0.2) is 17.3 Å². The van der Waals surface area contributed by atoms with Gasteiger partial charge in [0.05, 0.1) is 6.10 Å². The van der Waals surface area contributed by atoms with Crippen molar-refractivity contribution >= 4 is 0 Å². The van der Waals surface area contributed by atoms with Gasteiger partial charge in [-0.1, -0.05) is 43.7 Å². The molecule has 0 radical (unpaired) electrons. The van der Waals surface area contributed by atoms with E-state index in [0.29, 0.717) is 5.92 Å². The van der Waals surface area contributed by atoms with Gasteiger partial charge in [-0.05, 0) is 36.7 Å². The number of hydrogen-bond acceptors (Lipinski definition) is 2. The van der Waals surface area contributed by atoms with Crippen molar-refractivity contribution in [3.63, 3.8) is 0 Å². The molecular formula is C15H23NO. The molecule has 2 nitrogen and oxygen atoms in total. The van der Waals surface area contributed by atoms with E-state index in [1.165, 1.54) is 12.0 Å². The molecule has 0 heterocycles. The van der Waals surface area contributed by atoms with E-state index in [1.54, 1.807) is 0 Å². The second kappa shape index (κ2) is 5.65. The molecule has 0 aromatic heterocycles. The molecule has 94 valence electrons. The van der Waals surface area contributed by atoms with Crippen LogP contribution in [0.25, 0.3) is 0 Å². The Labute approximate surface area is 104 Å². The van der Waals surface area contributed by atoms with Crippen LogP contribution in [0, 0.1) is 11.8 Å². The van der Waals surface area contributed by atoms with Crippen molar-refractivity contribution < 1.29 is 5.11 Å². The highest BCUT2D eigenvalue weighted by atomic mass is 16.3. The van der Waals surface area contributed by atoms with Crippen LogP contribution in [0.1, 0.15) is 31.7 Å². The van der Waals surface area contributed by atoms with E-state index < -0.39 is 0 Å². The van der Waals surface area contributed by atoms with Gasteiger partial charge in [0, 0.05) is 6.04 Å². The molecule has 1 aliphatic rings. The van der Waals surface area contributed by atoms with E-state index in [9.17, 15) is 5.11 Å². The molecule has 0 unspecified atom stereocenters. The third-order valence-electron chi connectivity index (χ3n) is 3.97. The number of aliphatic hydroxyl groups excluding tert-OH is 1. The van der Waals surface area contributed by atoms with E-state index in [0.717, 1.165) is 25.2 Å². The minimum absolute atomic E-state index is 0.132. The van der Waals surface area contributed by atoms with E-state index in [2.05, 4.69) is 19.1 Å². The lowest BCUT2D eigenvalue weighted by atomic mass is 9.91. The molecule has 1 aromatic carbocycles. The molecule has 1 aromatic rings. The number of nitrogens with two attached hydrogens (primary N) is 1. The topological polar surface area (TPSA) is 46.2 Å². The highest BCUT2D eigenvalue weighted by Crippen LogP contribution is 2.33. The zero-order chi connectivity index (χ0) is 12.3. The van der Waals surface area contributed by atoms with Gasteiger partial charge in [-0.2, -0.15) is 0 Å². The summed E-state index contributed by atoms with van der Waals surface area (Å²) in [6.45, 7) is 2.26. The summed E-state index contributed by atoms with van der Waals surface area (Å²) in [5.74, 6) is 1.15. The number of benzene rings is 1. The second-order valence-corrected chi connectivity index (χ2v) is 5.52. The van der Waals surface area contributed by atoms with Crippen LogP contribution in [0.5, 0.6) is 0 Å². The Bertz CT molecular complexity index is 338. The van der Waals surface area contributed by atoms with Crippen LogP contribution in [-0.2, 0) is 6.42 Å². The molecule has 0 amide bonds. The third kappa shape index (κ3) is 3.30. The molecule has 1 saturated carbocycles. The van der Waals surface area contributed by atoms with Gasteiger partial charge in [0.25, 0.3) is 0 Å². The number of aliphatic hydroxyl groups is 1. The van der Waals surface area contributed by atoms with Crippen molar-refractivity contribution in [2.45, 2.75) is 44.8 Å². The fraction of sp³-hybridized carbons (Fsp3) is 0.600. The summed E-state index contributed by atoms with van der Waals surface area (Å²) in [6.07, 6.45) is 3.92. The Morgan fingerprint density at radius 3 is 2.59 bits per heavy atom. The van der Waals surface area contributed by atoms with Crippen LogP contribution < -0.4 is 5.73 Å². The Hall–Kier alpha value is -0.860. The van der Waals surface area contributed by atoms with Crippen LogP contribution in [0.4, 0.5) is 0 Å². The summed E-state index contributed by atoms with van der Waals surface area (Å²) in [5.41, 5.74) is 7.34. The minimum atomic E-state index is -0.347. The zero-order valence-electron chi connectivity index (χ0n) is 10.5. The first-order valence-electron chi connectivity index (χ1n) is 6.64. The highest BCUT2D eigenvalue weighted by molar-refractivity contribution is 5.16. The van der Waals surface area contributed by atoms with Gasteiger partial charge >= 0.3 is 0 Å². The Kier molecular flexibility index (Phi) is 4.19. The summed E-state index contributed by atoms with van der Waals surface area (Å²) in [7, 11) is 0. The average Bonchev–Trinajstić information content (AvgIpc) is 2.76. The lowest BCUT2D eigenvalue weighted by Crippen LogP contribution is -2.40. The maximum atomic E-state index is 10.3. The van der Waals surface area contributed by atoms with Crippen molar-refractivity contribution in [2.24, 2.45) is 17.6 Å². The van der Waals surface area contributed by atoms with Crippen molar-refractivity contribution in [2.75, 3.05) is 0 Å². The smallest absolute Gasteiger partial charge is 0.0722 e. The van der Waals surface area contributed by atoms with Gasteiger partial charge in [-0.3, -0.25) is 0 Å². The number of hydrogen-bond donors (Lipinski definition) is 2. The molecule has 0 bridgehead atoms. The predicted molar refractivity (Wildman–Crippen MR) is 70.6 cm³/mol. The van der Waals surface area contributed by atoms with Crippen LogP contribution >= 0.6 is 0 Å². The van der Waals surface area contributed by atoms with Crippen molar-refractivity contribution in [3.8, 4) is 0 Å². The molecule has 2 rings (SSSR count). The molecule has 2 heteroatoms. The SMILES string of the molecule is C[C@@H]1CC[C@H]([C@@H](O)[C@@H](N)Cc2ccccc2)C1. The molecule has 0 spiro atoms. The average molecular weight is 233 g/mol. The molecule has 4 atom stereocenters. The van der Waals surface area contributed by atoms with Crippen LogP contribution in [0.2, 0.25) is 0 Å². The van der Waals surface area contributed by atoms with Gasteiger partial charge in [-0.25, -0.2) is 0 Å². The Morgan fingerprint density at radius 2 is 2.00 bits per heavy atom. The molecule has 3 N–H and O–H groups in total. The predicted octanol–water partition coefficient (Wildman–Crippen LogP) is 2.35. The lowest BCUT2D eigenvalue weighted by Gasteiger charge is -2.24. The van der Waals surface area contributed by atoms with Gasteiger partial charge in [-0.15, -0.1) is 0 Å². The van der Waals surface area contributed by atoms with Gasteiger partial charge < -0.3 is 10.8 Å². The third-order valence-corrected chi connectivity index (χ3v) is 3.97. The zero-order valence-corrected chi connectivity index (χ0v) is 10.5. The van der Waals surface area contributed by atoms with E-state index in [4.69, 9.17) is 5.73 Å². The van der Waals surface area contributed by atoms with Crippen LogP contribution in [0.3, 0.4) is 0 Å². The van der Waals surface area contributed by atoms with Crippen molar-refractivity contribution in [1.82, 2.24) is 0 Å². The normalized spacial score (nSPS) is 27.9. The fourth-order valence-corrected chi connectivity index (χ4v) is 2.92. The summed E-state index contributed by atoms with van der Waals surface area (Å²) < 4.78 is 0. The molecule has 17 heavy (non-hydrogen) atoms. The fourth-order valence-electron chi connectivity index (χ4n) is 2.92. The standard InChI is InChI=1S/C15H23NO/c1-11-7-8-13(9-11)15(17)14(16)10-12-5-3-2-4-6-12/h2-6,11,13-15,17H,7-10,16H2,1H3/t11-,13+,14+,15-/m1/s1. The van der Waals surface area contributed by atoms with Crippen molar-refractivity contribution in [1.29, 1.82) is 0 Å². The Morgan fingerprint density at radius 1 is 1.29 bits per heavy atom. The molecule has 0 aliphatic heterocycles. The maximum Gasteiger partial charge on any atom is 0.0722 e. The molecule has 1 aliphatic carbocycles. The maximum absolute atomic E-state index is 10.3. The van der Waals surface area contributed by atoms with Crippen LogP contribution in [0.15, 0.2) is 30.3 Å². The highest BCUT2D eigenvalue weighted by Gasteiger charge is 2.30. The molecule has 0 saturated heterocycles. The first-order chi connectivity index (χ1) is 8.16. The first-order valence-corrected chi connectivity index (χ1v) is 6.64. The molecule has 1 fully saturated rings. The quantitative estimate of drug-likeness (QED) is 0.838. The second-order valence-electron chi connectivity index (χ2n) is 5.52. The van der Waals surface area contributed by atoms with Gasteiger partial charge in [0.2, 0.25) is 0 Å². The van der Waals surface area contributed by atoms with Gasteiger partial charge in [0.1, 0.15) is 0 Å². The Balaban J connectivity index is 1.89. The molecular weight excluding hydrogens is 210 g/mol. The van der Waals surface area contributed by atoms with E-state index in [-0.39, 0.29) is 12.1 Å². The largest absolute Gasteiger partial charge is 0.391 e. The minimum Gasteiger partial charge on any atom is -0.391 e.